The summed E-state index contributed by atoms with van der Waals surface area (Å²) in [6, 6.07) is 17.3. The van der Waals surface area contributed by atoms with E-state index in [1.807, 2.05) is 21.6 Å². The van der Waals surface area contributed by atoms with Gasteiger partial charge in [0.25, 0.3) is 5.82 Å². The fourth-order valence-corrected chi connectivity index (χ4v) is 4.78. The van der Waals surface area contributed by atoms with Gasteiger partial charge >= 0.3 is 0 Å². The van der Waals surface area contributed by atoms with Crippen LogP contribution in [0.3, 0.4) is 0 Å². The fourth-order valence-electron chi connectivity index (χ4n) is 3.17. The second-order valence-electron chi connectivity index (χ2n) is 6.61. The van der Waals surface area contributed by atoms with Gasteiger partial charge < -0.3 is 4.90 Å². The Labute approximate surface area is 170 Å². The van der Waals surface area contributed by atoms with Gasteiger partial charge in [0.15, 0.2) is 11.0 Å². The van der Waals surface area contributed by atoms with Gasteiger partial charge in [-0.25, -0.2) is 9.13 Å². The molecule has 0 fully saturated rings. The molecule has 0 unspecified atom stereocenters. The van der Waals surface area contributed by atoms with Crippen molar-refractivity contribution in [1.29, 1.82) is 0 Å². The maximum atomic E-state index is 2.43. The first kappa shape index (κ1) is 19.9. The number of aryl methyl sites for hydroxylation is 2. The summed E-state index contributed by atoms with van der Waals surface area (Å²) in [5, 5.41) is 0. The van der Waals surface area contributed by atoms with Crippen LogP contribution in [0.2, 0.25) is 0 Å². The van der Waals surface area contributed by atoms with Crippen LogP contribution in [0, 0.1) is 0 Å². The lowest BCUT2D eigenvalue weighted by molar-refractivity contribution is -0.669. The number of imidazole rings is 1. The quantitative estimate of drug-likeness (QED) is 0.297. The molecule has 0 saturated carbocycles. The molecule has 3 aromatic rings. The van der Waals surface area contributed by atoms with Crippen LogP contribution in [-0.2, 0) is 13.6 Å². The lowest BCUT2D eigenvalue weighted by Crippen LogP contribution is -2.37. The van der Waals surface area contributed by atoms with Gasteiger partial charge in [0.2, 0.25) is 0 Å². The average Bonchev–Trinajstić information content (AvgIpc) is 2.95. The first-order chi connectivity index (χ1) is 13.1. The van der Waals surface area contributed by atoms with E-state index < -0.39 is 0 Å². The smallest absolute Gasteiger partial charge is 0.282 e. The number of hydrogen-bond acceptors (Lipinski definition) is 3. The van der Waals surface area contributed by atoms with E-state index >= 15 is 0 Å². The van der Waals surface area contributed by atoms with Crippen LogP contribution in [0.25, 0.3) is 23.2 Å². The fraction of sp³-hybridized carbons (Fsp3) is 0.318. The molecular formula is C22H28N3S2+. The van der Waals surface area contributed by atoms with Crippen molar-refractivity contribution in [3.63, 3.8) is 0 Å². The second-order valence-corrected chi connectivity index (χ2v) is 9.48. The monoisotopic (exact) mass is 398 g/mol. The molecule has 27 heavy (non-hydrogen) atoms. The van der Waals surface area contributed by atoms with Crippen molar-refractivity contribution in [3.05, 3.63) is 59.9 Å². The van der Waals surface area contributed by atoms with Crippen molar-refractivity contribution >= 4 is 50.5 Å². The third-order valence-corrected chi connectivity index (χ3v) is 7.05. The molecule has 0 N–H and O–H groups in total. The Morgan fingerprint density at radius 1 is 1.00 bits per heavy atom. The maximum Gasteiger partial charge on any atom is 0.282 e. The third-order valence-electron chi connectivity index (χ3n) is 4.59. The van der Waals surface area contributed by atoms with E-state index in [0.717, 1.165) is 18.1 Å². The van der Waals surface area contributed by atoms with Gasteiger partial charge in [-0.1, -0.05) is 52.8 Å². The number of rotatable bonds is 8. The number of benzene rings is 2. The molecule has 0 amide bonds. The van der Waals surface area contributed by atoms with Crippen molar-refractivity contribution in [2.24, 2.45) is 7.05 Å². The molecular weight excluding hydrogens is 370 g/mol. The Hall–Kier alpha value is -1.85. The first-order valence-electron chi connectivity index (χ1n) is 9.29. The van der Waals surface area contributed by atoms with Gasteiger partial charge in [0.05, 0.1) is 7.05 Å². The van der Waals surface area contributed by atoms with Crippen LogP contribution in [0.15, 0.2) is 48.5 Å². The van der Waals surface area contributed by atoms with E-state index in [0.29, 0.717) is 0 Å². The Bertz CT molecular complexity index is 911. The zero-order valence-electron chi connectivity index (χ0n) is 16.6. The van der Waals surface area contributed by atoms with E-state index in [9.17, 15) is 0 Å². The van der Waals surface area contributed by atoms with E-state index in [4.69, 9.17) is 0 Å². The van der Waals surface area contributed by atoms with Gasteiger partial charge in [-0.15, -0.1) is 0 Å². The lowest BCUT2D eigenvalue weighted by Gasteiger charge is -2.11. The highest BCUT2D eigenvalue weighted by Gasteiger charge is 2.19. The Balaban J connectivity index is 1.90. The number of anilines is 1. The highest BCUT2D eigenvalue weighted by molar-refractivity contribution is 8.76. The number of hydrogen-bond donors (Lipinski definition) is 0. The molecule has 0 aliphatic heterocycles. The van der Waals surface area contributed by atoms with Crippen LogP contribution in [0.4, 0.5) is 5.69 Å². The van der Waals surface area contributed by atoms with Gasteiger partial charge in [-0.3, -0.25) is 0 Å². The molecule has 3 rings (SSSR count). The van der Waals surface area contributed by atoms with E-state index in [1.165, 1.54) is 28.1 Å². The molecule has 1 aromatic heterocycles. The predicted molar refractivity (Wildman–Crippen MR) is 123 cm³/mol. The van der Waals surface area contributed by atoms with Crippen molar-refractivity contribution in [2.45, 2.75) is 13.5 Å². The van der Waals surface area contributed by atoms with Crippen molar-refractivity contribution in [2.75, 3.05) is 30.5 Å². The van der Waals surface area contributed by atoms with Crippen LogP contribution in [0.5, 0.6) is 0 Å². The molecule has 0 bridgehead atoms. The SMILES string of the molecule is CCSSCC[n+]1c(/C=C/c2ccc(N(C)C)cc2)n(C)c2ccccc21. The molecule has 2 aromatic carbocycles. The second kappa shape index (κ2) is 9.38. The first-order valence-corrected chi connectivity index (χ1v) is 11.8. The van der Waals surface area contributed by atoms with Crippen LogP contribution in [-0.4, -0.2) is 30.2 Å². The minimum Gasteiger partial charge on any atom is -0.378 e. The molecule has 3 nitrogen and oxygen atoms in total. The summed E-state index contributed by atoms with van der Waals surface area (Å²) >= 11 is 0. The van der Waals surface area contributed by atoms with E-state index in [-0.39, 0.29) is 0 Å². The largest absolute Gasteiger partial charge is 0.378 e. The highest BCUT2D eigenvalue weighted by Crippen LogP contribution is 2.21. The summed E-state index contributed by atoms with van der Waals surface area (Å²) in [4.78, 5) is 2.12. The van der Waals surface area contributed by atoms with E-state index in [2.05, 4.69) is 103 Å². The normalized spacial score (nSPS) is 11.6. The summed E-state index contributed by atoms with van der Waals surface area (Å²) in [6.45, 7) is 3.22. The predicted octanol–water partition coefficient (Wildman–Crippen LogP) is 5.10. The lowest BCUT2D eigenvalue weighted by atomic mass is 10.2. The van der Waals surface area contributed by atoms with Crippen molar-refractivity contribution in [3.8, 4) is 0 Å². The number of fused-ring (bicyclic) bond motifs is 1. The summed E-state index contributed by atoms with van der Waals surface area (Å²) < 4.78 is 4.72. The Morgan fingerprint density at radius 2 is 1.74 bits per heavy atom. The average molecular weight is 399 g/mol. The molecule has 0 saturated heterocycles. The molecule has 0 spiro atoms. The summed E-state index contributed by atoms with van der Waals surface area (Å²) in [5.41, 5.74) is 5.00. The van der Waals surface area contributed by atoms with Gasteiger partial charge in [0.1, 0.15) is 6.54 Å². The molecule has 5 heteroatoms. The third kappa shape index (κ3) is 4.71. The van der Waals surface area contributed by atoms with Gasteiger partial charge in [-0.2, -0.15) is 0 Å². The van der Waals surface area contributed by atoms with Gasteiger partial charge in [0, 0.05) is 37.4 Å². The number of aromatic nitrogens is 2. The van der Waals surface area contributed by atoms with Crippen LogP contribution in [0.1, 0.15) is 18.3 Å². The highest BCUT2D eigenvalue weighted by atomic mass is 33.1. The molecule has 0 aliphatic carbocycles. The summed E-state index contributed by atoms with van der Waals surface area (Å²) in [7, 11) is 10.2. The minimum atomic E-state index is 1.01. The molecule has 0 atom stereocenters. The van der Waals surface area contributed by atoms with Crippen LogP contribution >= 0.6 is 21.6 Å². The topological polar surface area (TPSA) is 12.1 Å². The number of para-hydroxylation sites is 2. The Kier molecular flexibility index (Phi) is 6.91. The Morgan fingerprint density at radius 3 is 2.44 bits per heavy atom. The van der Waals surface area contributed by atoms with Gasteiger partial charge in [-0.05, 0) is 35.9 Å². The molecule has 1 heterocycles. The molecule has 0 aliphatic rings. The molecule has 142 valence electrons. The standard InChI is InChI=1S/C22H28N3S2/c1-5-26-27-17-16-25-21-9-7-6-8-20(21)24(4)22(25)15-12-18-10-13-19(14-11-18)23(2)3/h6-15H,5,16-17H2,1-4H3/q+1. The minimum absolute atomic E-state index is 1.01. The zero-order valence-corrected chi connectivity index (χ0v) is 18.2. The van der Waals surface area contributed by atoms with Crippen molar-refractivity contribution < 1.29 is 4.57 Å². The van der Waals surface area contributed by atoms with Crippen LogP contribution < -0.4 is 9.47 Å². The zero-order chi connectivity index (χ0) is 19.2. The summed E-state index contributed by atoms with van der Waals surface area (Å²) in [6.07, 6.45) is 4.44. The maximum absolute atomic E-state index is 2.43. The van der Waals surface area contributed by atoms with Crippen molar-refractivity contribution in [1.82, 2.24) is 4.57 Å². The summed E-state index contributed by atoms with van der Waals surface area (Å²) in [5.74, 6) is 3.49. The molecule has 0 radical (unpaired) electrons. The van der Waals surface area contributed by atoms with E-state index in [1.54, 1.807) is 0 Å². The number of nitrogens with zero attached hydrogens (tertiary/aromatic N) is 3.